The highest BCUT2D eigenvalue weighted by molar-refractivity contribution is 7.10. The van der Waals surface area contributed by atoms with Crippen molar-refractivity contribution in [3.05, 3.63) is 64.0 Å². The Kier molecular flexibility index (Phi) is 12.2. The first-order valence-corrected chi connectivity index (χ1v) is 14.2. The van der Waals surface area contributed by atoms with E-state index in [4.69, 9.17) is 25.2 Å². The number of hydrogen-bond donors (Lipinski definition) is 4. The molecule has 0 atom stereocenters. The number of fused-ring (bicyclic) bond motifs is 1. The zero-order valence-corrected chi connectivity index (χ0v) is 23.9. The highest BCUT2D eigenvalue weighted by Crippen LogP contribution is 2.23. The summed E-state index contributed by atoms with van der Waals surface area (Å²) >= 11 is 1.87. The van der Waals surface area contributed by atoms with Crippen molar-refractivity contribution in [3.8, 4) is 0 Å². The zero-order valence-electron chi connectivity index (χ0n) is 23.1. The lowest BCUT2D eigenvalue weighted by molar-refractivity contribution is -0.170. The molecular formula is C29H37N3O8S. The lowest BCUT2D eigenvalue weighted by atomic mass is 9.96. The molecule has 1 fully saturated rings. The molecule has 0 bridgehead atoms. The molecular weight excluding hydrogens is 550 g/mol. The molecule has 1 aliphatic heterocycles. The van der Waals surface area contributed by atoms with Crippen molar-refractivity contribution in [2.45, 2.75) is 44.9 Å². The molecule has 2 aromatic heterocycles. The van der Waals surface area contributed by atoms with Crippen molar-refractivity contribution in [1.29, 1.82) is 0 Å². The highest BCUT2D eigenvalue weighted by atomic mass is 32.1. The lowest BCUT2D eigenvalue weighted by Crippen LogP contribution is -2.42. The Morgan fingerprint density at radius 3 is 2.34 bits per heavy atom. The van der Waals surface area contributed by atoms with Gasteiger partial charge in [0.25, 0.3) is 0 Å². The third kappa shape index (κ3) is 10.2. The number of ether oxygens (including phenoxy) is 1. The van der Waals surface area contributed by atoms with Gasteiger partial charge in [0.1, 0.15) is 0 Å². The minimum atomic E-state index is -2.74. The highest BCUT2D eigenvalue weighted by Gasteiger charge is 2.40. The van der Waals surface area contributed by atoms with E-state index in [1.54, 1.807) is 0 Å². The smallest absolute Gasteiger partial charge is 0.336 e. The average molecular weight is 588 g/mol. The van der Waals surface area contributed by atoms with Crippen LogP contribution in [-0.4, -0.2) is 98.1 Å². The first-order chi connectivity index (χ1) is 19.6. The monoisotopic (exact) mass is 587 g/mol. The van der Waals surface area contributed by atoms with Gasteiger partial charge < -0.3 is 25.2 Å². The number of morpholine rings is 1. The second kappa shape index (κ2) is 15.5. The number of carboxylic acid groups (broad SMARTS) is 3. The average Bonchev–Trinajstić information content (AvgIpc) is 3.33. The first kappa shape index (κ1) is 32.1. The van der Waals surface area contributed by atoms with E-state index in [2.05, 4.69) is 57.4 Å². The molecule has 0 aliphatic carbocycles. The topological polar surface area (TPSA) is 161 Å². The van der Waals surface area contributed by atoms with E-state index in [9.17, 15) is 14.4 Å². The molecule has 0 saturated carbocycles. The molecule has 3 aromatic rings. The van der Waals surface area contributed by atoms with E-state index in [0.29, 0.717) is 0 Å². The molecule has 41 heavy (non-hydrogen) atoms. The summed E-state index contributed by atoms with van der Waals surface area (Å²) in [7, 11) is 0. The number of pyridine rings is 1. The number of aliphatic hydroxyl groups is 1. The number of rotatable bonds is 13. The second-order valence-corrected chi connectivity index (χ2v) is 11.0. The van der Waals surface area contributed by atoms with Gasteiger partial charge in [-0.3, -0.25) is 24.4 Å². The van der Waals surface area contributed by atoms with Gasteiger partial charge in [-0.2, -0.15) is 0 Å². The Labute approximate surface area is 242 Å². The fourth-order valence-electron chi connectivity index (χ4n) is 4.59. The Morgan fingerprint density at radius 1 is 1.02 bits per heavy atom. The van der Waals surface area contributed by atoms with Crippen LogP contribution in [0.3, 0.4) is 0 Å². The predicted molar refractivity (Wildman–Crippen MR) is 154 cm³/mol. The van der Waals surface area contributed by atoms with E-state index in [0.717, 1.165) is 58.0 Å². The van der Waals surface area contributed by atoms with E-state index in [-0.39, 0.29) is 0 Å². The number of thiophene rings is 1. The van der Waals surface area contributed by atoms with Crippen molar-refractivity contribution >= 4 is 40.1 Å². The number of aliphatic carboxylic acids is 3. The third-order valence-electron chi connectivity index (χ3n) is 6.80. The molecule has 3 heterocycles. The molecule has 4 N–H and O–H groups in total. The standard InChI is InChI=1S/C23H29N3OS.C6H8O7/c1-19-8-16-28-23(19)18-26(11-4-10-25-12-14-27-15-13-25)17-20-5-2-7-22-21(20)6-3-9-24-22;7-3(8)1-6(13,5(11)12)2-4(9)10/h2-3,5-9,16H,4,10-15,17-18H2,1H3;13H,1-2H2,(H,7,8)(H,9,10)(H,11,12). The van der Waals surface area contributed by atoms with Crippen LogP contribution in [0.2, 0.25) is 0 Å². The molecule has 4 rings (SSSR count). The van der Waals surface area contributed by atoms with Gasteiger partial charge in [-0.05, 0) is 54.6 Å². The maximum atomic E-state index is 10.3. The summed E-state index contributed by atoms with van der Waals surface area (Å²) in [6, 6.07) is 12.9. The summed E-state index contributed by atoms with van der Waals surface area (Å²) in [6.45, 7) is 10.3. The summed E-state index contributed by atoms with van der Waals surface area (Å²) in [4.78, 5) is 41.6. The minimum absolute atomic E-state index is 0.876. The Hall–Kier alpha value is -3.42. The van der Waals surface area contributed by atoms with Gasteiger partial charge in [0.05, 0.1) is 31.6 Å². The molecule has 0 spiro atoms. The molecule has 1 aromatic carbocycles. The fraction of sp³-hybridized carbons (Fsp3) is 0.448. The van der Waals surface area contributed by atoms with Crippen LogP contribution in [0, 0.1) is 6.92 Å². The van der Waals surface area contributed by atoms with E-state index in [1.807, 2.05) is 23.6 Å². The fourth-order valence-corrected chi connectivity index (χ4v) is 5.53. The van der Waals surface area contributed by atoms with Gasteiger partial charge in [0.2, 0.25) is 0 Å². The van der Waals surface area contributed by atoms with E-state index in [1.165, 1.54) is 27.8 Å². The van der Waals surface area contributed by atoms with Crippen LogP contribution in [0.25, 0.3) is 10.9 Å². The number of carbonyl (C=O) groups is 3. The van der Waals surface area contributed by atoms with Crippen LogP contribution in [0.1, 0.15) is 35.3 Å². The summed E-state index contributed by atoms with van der Waals surface area (Å²) in [5.74, 6) is -5.02. The van der Waals surface area contributed by atoms with Crippen molar-refractivity contribution in [1.82, 2.24) is 14.8 Å². The zero-order chi connectivity index (χ0) is 29.8. The van der Waals surface area contributed by atoms with Crippen LogP contribution in [-0.2, 0) is 32.2 Å². The number of aryl methyl sites for hydroxylation is 1. The van der Waals surface area contributed by atoms with Crippen LogP contribution in [0.5, 0.6) is 0 Å². The van der Waals surface area contributed by atoms with E-state index >= 15 is 0 Å². The summed E-state index contributed by atoms with van der Waals surface area (Å²) in [5.41, 5.74) is 1.12. The molecule has 0 radical (unpaired) electrons. The number of carboxylic acids is 3. The van der Waals surface area contributed by atoms with Gasteiger partial charge in [-0.15, -0.1) is 11.3 Å². The SMILES string of the molecule is Cc1ccsc1CN(CCCN1CCOCC1)Cc1cccc2ncccc12.O=C(O)CC(O)(CC(=O)O)C(=O)O. The van der Waals surface area contributed by atoms with Crippen LogP contribution in [0.15, 0.2) is 48.0 Å². The summed E-state index contributed by atoms with van der Waals surface area (Å²) in [5, 5.41) is 37.3. The summed E-state index contributed by atoms with van der Waals surface area (Å²) < 4.78 is 5.47. The van der Waals surface area contributed by atoms with Crippen LogP contribution >= 0.6 is 11.3 Å². The molecule has 1 saturated heterocycles. The van der Waals surface area contributed by atoms with Crippen LogP contribution < -0.4 is 0 Å². The molecule has 222 valence electrons. The third-order valence-corrected chi connectivity index (χ3v) is 7.81. The number of benzene rings is 1. The maximum absolute atomic E-state index is 10.3. The van der Waals surface area contributed by atoms with Gasteiger partial charge in [-0.25, -0.2) is 4.79 Å². The Morgan fingerprint density at radius 2 is 1.73 bits per heavy atom. The number of aromatic nitrogens is 1. The largest absolute Gasteiger partial charge is 0.481 e. The number of hydrogen-bond acceptors (Lipinski definition) is 9. The molecule has 11 nitrogen and oxygen atoms in total. The second-order valence-electron chi connectivity index (χ2n) is 10.0. The van der Waals surface area contributed by atoms with Crippen molar-refractivity contribution in [3.63, 3.8) is 0 Å². The van der Waals surface area contributed by atoms with Gasteiger partial charge in [0, 0.05) is 49.2 Å². The predicted octanol–water partition coefficient (Wildman–Crippen LogP) is 3.08. The first-order valence-electron chi connectivity index (χ1n) is 13.3. The summed E-state index contributed by atoms with van der Waals surface area (Å²) in [6.07, 6.45) is 0.776. The van der Waals surface area contributed by atoms with Gasteiger partial charge in [-0.1, -0.05) is 18.2 Å². The quantitative estimate of drug-likeness (QED) is 0.233. The van der Waals surface area contributed by atoms with Crippen molar-refractivity contribution in [2.75, 3.05) is 39.4 Å². The van der Waals surface area contributed by atoms with Crippen molar-refractivity contribution in [2.24, 2.45) is 0 Å². The Balaban J connectivity index is 0.000000302. The Bertz CT molecular complexity index is 1290. The molecule has 0 unspecified atom stereocenters. The maximum Gasteiger partial charge on any atom is 0.336 e. The van der Waals surface area contributed by atoms with Crippen molar-refractivity contribution < 1.29 is 39.5 Å². The molecule has 12 heteroatoms. The minimum Gasteiger partial charge on any atom is -0.481 e. The number of nitrogens with zero attached hydrogens (tertiary/aromatic N) is 3. The van der Waals surface area contributed by atoms with Gasteiger partial charge in [0.15, 0.2) is 5.60 Å². The normalized spacial score (nSPS) is 14.0. The van der Waals surface area contributed by atoms with Crippen LogP contribution in [0.4, 0.5) is 0 Å². The lowest BCUT2D eigenvalue weighted by Gasteiger charge is -2.28. The van der Waals surface area contributed by atoms with Gasteiger partial charge >= 0.3 is 17.9 Å². The molecule has 1 aliphatic rings. The van der Waals surface area contributed by atoms with E-state index < -0.39 is 36.4 Å². The molecule has 0 amide bonds.